The van der Waals surface area contributed by atoms with Gasteiger partial charge in [-0.25, -0.2) is 9.97 Å². The zero-order chi connectivity index (χ0) is 18.8. The van der Waals surface area contributed by atoms with E-state index in [4.69, 9.17) is 9.47 Å². The van der Waals surface area contributed by atoms with E-state index in [0.717, 1.165) is 23.5 Å². The van der Waals surface area contributed by atoms with Gasteiger partial charge in [-0.15, -0.1) is 0 Å². The van der Waals surface area contributed by atoms with E-state index in [1.807, 2.05) is 39.0 Å². The number of rotatable bonds is 10. The number of hydrogen-bond acceptors (Lipinski definition) is 6. The number of hydrogen-bond donors (Lipinski definition) is 1. The molecular formula is C19H25N3O3S. The first-order chi connectivity index (χ1) is 12.6. The van der Waals surface area contributed by atoms with Crippen molar-refractivity contribution in [3.05, 3.63) is 42.2 Å². The second-order valence-electron chi connectivity index (χ2n) is 5.48. The van der Waals surface area contributed by atoms with Gasteiger partial charge in [0.15, 0.2) is 16.7 Å². The number of nitrogens with one attached hydrogen (secondary N) is 1. The summed E-state index contributed by atoms with van der Waals surface area (Å²) in [6.45, 7) is 7.46. The van der Waals surface area contributed by atoms with E-state index in [1.54, 1.807) is 18.5 Å². The van der Waals surface area contributed by atoms with Crippen LogP contribution in [0.4, 0.5) is 0 Å². The highest BCUT2D eigenvalue weighted by atomic mass is 32.2. The molecule has 0 aliphatic rings. The van der Waals surface area contributed by atoms with Crippen LogP contribution >= 0.6 is 11.8 Å². The number of carbonyl (C=O) groups excluding carboxylic acids is 1. The predicted octanol–water partition coefficient (Wildman–Crippen LogP) is 3.11. The number of amides is 1. The Kier molecular flexibility index (Phi) is 8.21. The number of nitrogens with zero attached hydrogens (tertiary/aromatic N) is 2. The van der Waals surface area contributed by atoms with Crippen molar-refractivity contribution in [2.45, 2.75) is 37.6 Å². The second kappa shape index (κ2) is 10.7. The van der Waals surface area contributed by atoms with Crippen LogP contribution in [0.5, 0.6) is 11.5 Å². The molecule has 1 aromatic carbocycles. The Labute approximate surface area is 158 Å². The summed E-state index contributed by atoms with van der Waals surface area (Å²) in [6.07, 6.45) is 4.06. The monoisotopic (exact) mass is 375 g/mol. The third kappa shape index (κ3) is 6.22. The maximum absolute atomic E-state index is 12.2. The normalized spacial score (nSPS) is 11.7. The molecule has 1 N–H and O–H groups in total. The topological polar surface area (TPSA) is 73.3 Å². The van der Waals surface area contributed by atoms with Gasteiger partial charge in [-0.2, -0.15) is 0 Å². The summed E-state index contributed by atoms with van der Waals surface area (Å²) in [6, 6.07) is 7.63. The molecule has 0 spiro atoms. The van der Waals surface area contributed by atoms with E-state index < -0.39 is 0 Å². The third-order valence-electron chi connectivity index (χ3n) is 3.51. The van der Waals surface area contributed by atoms with Gasteiger partial charge in [0, 0.05) is 18.9 Å². The molecule has 0 aliphatic carbocycles. The number of benzene rings is 1. The third-order valence-corrected chi connectivity index (χ3v) is 4.50. The largest absolute Gasteiger partial charge is 0.490 e. The molecule has 2 rings (SSSR count). The van der Waals surface area contributed by atoms with Crippen LogP contribution in [0.15, 0.2) is 41.8 Å². The molecule has 1 unspecified atom stereocenters. The minimum atomic E-state index is -0.253. The maximum Gasteiger partial charge on any atom is 0.233 e. The second-order valence-corrected chi connectivity index (χ2v) is 6.79. The first kappa shape index (κ1) is 20.0. The van der Waals surface area contributed by atoms with E-state index in [2.05, 4.69) is 15.3 Å². The Hall–Kier alpha value is -2.28. The van der Waals surface area contributed by atoms with Crippen molar-refractivity contribution in [1.29, 1.82) is 0 Å². The molecule has 0 saturated carbocycles. The van der Waals surface area contributed by atoms with Gasteiger partial charge in [-0.05, 0) is 51.0 Å². The summed E-state index contributed by atoms with van der Waals surface area (Å²) >= 11 is 1.34. The molecule has 1 atom stereocenters. The van der Waals surface area contributed by atoms with E-state index in [9.17, 15) is 4.79 Å². The van der Waals surface area contributed by atoms with Crippen LogP contribution in [-0.4, -0.2) is 40.9 Å². The molecule has 0 radical (unpaired) electrons. The van der Waals surface area contributed by atoms with Crippen molar-refractivity contribution >= 4 is 17.7 Å². The van der Waals surface area contributed by atoms with E-state index in [1.165, 1.54) is 11.8 Å². The van der Waals surface area contributed by atoms with Gasteiger partial charge in [0.05, 0.1) is 18.5 Å². The Morgan fingerprint density at radius 1 is 1.15 bits per heavy atom. The highest BCUT2D eigenvalue weighted by molar-refractivity contribution is 8.00. The molecule has 2 aromatic rings. The highest BCUT2D eigenvalue weighted by Gasteiger charge is 2.15. The van der Waals surface area contributed by atoms with Crippen molar-refractivity contribution in [3.63, 3.8) is 0 Å². The summed E-state index contributed by atoms with van der Waals surface area (Å²) < 4.78 is 11.2. The minimum absolute atomic E-state index is 0.0292. The molecule has 1 heterocycles. The molecule has 7 heteroatoms. The predicted molar refractivity (Wildman–Crippen MR) is 103 cm³/mol. The van der Waals surface area contributed by atoms with E-state index in [0.29, 0.717) is 24.9 Å². The highest BCUT2D eigenvalue weighted by Crippen LogP contribution is 2.28. The first-order valence-electron chi connectivity index (χ1n) is 8.74. The minimum Gasteiger partial charge on any atom is -0.490 e. The average molecular weight is 375 g/mol. The fourth-order valence-electron chi connectivity index (χ4n) is 2.28. The van der Waals surface area contributed by atoms with Crippen LogP contribution in [0.2, 0.25) is 0 Å². The molecule has 0 saturated heterocycles. The zero-order valence-corrected chi connectivity index (χ0v) is 16.2. The summed E-state index contributed by atoms with van der Waals surface area (Å²) in [7, 11) is 0. The fourth-order valence-corrected chi connectivity index (χ4v) is 3.03. The lowest BCUT2D eigenvalue weighted by Crippen LogP contribution is -2.32. The van der Waals surface area contributed by atoms with Gasteiger partial charge < -0.3 is 14.8 Å². The number of thioether (sulfide) groups is 1. The Bertz CT molecular complexity index is 698. The summed E-state index contributed by atoms with van der Waals surface area (Å²) in [5.74, 6) is 1.46. The van der Waals surface area contributed by atoms with Crippen LogP contribution in [-0.2, 0) is 11.2 Å². The molecule has 26 heavy (non-hydrogen) atoms. The Morgan fingerprint density at radius 2 is 1.85 bits per heavy atom. The van der Waals surface area contributed by atoms with Crippen molar-refractivity contribution in [2.75, 3.05) is 19.8 Å². The Balaban J connectivity index is 1.84. The number of carbonyl (C=O) groups is 1. The van der Waals surface area contributed by atoms with Crippen LogP contribution in [0.1, 0.15) is 26.3 Å². The van der Waals surface area contributed by atoms with Crippen molar-refractivity contribution in [1.82, 2.24) is 15.3 Å². The van der Waals surface area contributed by atoms with Crippen LogP contribution < -0.4 is 14.8 Å². The van der Waals surface area contributed by atoms with E-state index in [-0.39, 0.29) is 11.2 Å². The standard InChI is InChI=1S/C19H25N3O3S/c1-4-24-16-8-7-15(13-17(16)25-5-2)9-12-20-18(23)14(3)26-19-21-10-6-11-22-19/h6-8,10-11,13-14H,4-5,9,12H2,1-3H3,(H,20,23). The van der Waals surface area contributed by atoms with Gasteiger partial charge in [0.1, 0.15) is 0 Å². The Morgan fingerprint density at radius 3 is 2.54 bits per heavy atom. The first-order valence-corrected chi connectivity index (χ1v) is 9.61. The molecule has 6 nitrogen and oxygen atoms in total. The zero-order valence-electron chi connectivity index (χ0n) is 15.4. The van der Waals surface area contributed by atoms with Crippen molar-refractivity contribution < 1.29 is 14.3 Å². The lowest BCUT2D eigenvalue weighted by molar-refractivity contribution is -0.120. The fraction of sp³-hybridized carbons (Fsp3) is 0.421. The van der Waals surface area contributed by atoms with Crippen LogP contribution in [0.3, 0.4) is 0 Å². The SMILES string of the molecule is CCOc1ccc(CCNC(=O)C(C)Sc2ncccn2)cc1OCC. The van der Waals surface area contributed by atoms with Gasteiger partial charge in [-0.3, -0.25) is 4.79 Å². The van der Waals surface area contributed by atoms with E-state index >= 15 is 0 Å². The molecule has 1 amide bonds. The lowest BCUT2D eigenvalue weighted by Gasteiger charge is -2.13. The molecule has 0 fully saturated rings. The summed E-state index contributed by atoms with van der Waals surface area (Å²) in [5.41, 5.74) is 1.09. The van der Waals surface area contributed by atoms with Gasteiger partial charge in [0.25, 0.3) is 0 Å². The molecular weight excluding hydrogens is 350 g/mol. The quantitative estimate of drug-likeness (QED) is 0.508. The van der Waals surface area contributed by atoms with Gasteiger partial charge >= 0.3 is 0 Å². The van der Waals surface area contributed by atoms with Crippen molar-refractivity contribution in [2.24, 2.45) is 0 Å². The van der Waals surface area contributed by atoms with Gasteiger partial charge in [0.2, 0.25) is 5.91 Å². The molecule has 0 aliphatic heterocycles. The summed E-state index contributed by atoms with van der Waals surface area (Å²) in [5, 5.41) is 3.30. The summed E-state index contributed by atoms with van der Waals surface area (Å²) in [4.78, 5) is 20.5. The van der Waals surface area contributed by atoms with Crippen molar-refractivity contribution in [3.8, 4) is 11.5 Å². The molecule has 1 aromatic heterocycles. The molecule has 140 valence electrons. The smallest absolute Gasteiger partial charge is 0.233 e. The number of ether oxygens (including phenoxy) is 2. The maximum atomic E-state index is 12.2. The van der Waals surface area contributed by atoms with Gasteiger partial charge in [-0.1, -0.05) is 17.8 Å². The van der Waals surface area contributed by atoms with Crippen LogP contribution in [0, 0.1) is 0 Å². The average Bonchev–Trinajstić information content (AvgIpc) is 2.65. The molecule has 0 bridgehead atoms. The lowest BCUT2D eigenvalue weighted by atomic mass is 10.1. The van der Waals surface area contributed by atoms with Crippen LogP contribution in [0.25, 0.3) is 0 Å². The number of aromatic nitrogens is 2.